The van der Waals surface area contributed by atoms with Crippen molar-refractivity contribution in [3.05, 3.63) is 35.3 Å². The van der Waals surface area contributed by atoms with Crippen molar-refractivity contribution in [3.63, 3.8) is 0 Å². The summed E-state index contributed by atoms with van der Waals surface area (Å²) in [6.45, 7) is 5.66. The van der Waals surface area contributed by atoms with E-state index in [1.807, 2.05) is 0 Å². The molecule has 2 aliphatic heterocycles. The number of anilines is 2. The number of carbonyl (C=O) groups excluding carboxylic acids is 1. The van der Waals surface area contributed by atoms with Gasteiger partial charge in [0.05, 0.1) is 30.5 Å². The second kappa shape index (κ2) is 8.39. The van der Waals surface area contributed by atoms with Crippen LogP contribution in [-0.2, 0) is 17.7 Å². The largest absolute Gasteiger partial charge is 0.377 e. The third kappa shape index (κ3) is 4.33. The average Bonchev–Trinajstić information content (AvgIpc) is 3.57. The monoisotopic (exact) mass is 426 g/mol. The first-order chi connectivity index (χ1) is 15.1. The van der Waals surface area contributed by atoms with Gasteiger partial charge >= 0.3 is 6.03 Å². The normalized spacial score (nSPS) is 20.8. The van der Waals surface area contributed by atoms with Gasteiger partial charge in [0, 0.05) is 30.4 Å². The molecule has 9 heteroatoms. The highest BCUT2D eigenvalue weighted by Gasteiger charge is 2.28. The highest BCUT2D eigenvalue weighted by atomic mass is 19.1. The van der Waals surface area contributed by atoms with Gasteiger partial charge in [-0.15, -0.1) is 0 Å². The van der Waals surface area contributed by atoms with Crippen LogP contribution in [0.25, 0.3) is 11.4 Å². The molecule has 5 rings (SSSR count). The molecule has 3 aliphatic rings. The SMILES string of the molecule is CC1COCCN1c1nc(-c2ccc(NC(=O)NC3CC3)cc2F)nc2c1CCNC2. The minimum Gasteiger partial charge on any atom is -0.377 e. The van der Waals surface area contributed by atoms with Gasteiger partial charge in [-0.2, -0.15) is 0 Å². The van der Waals surface area contributed by atoms with Crippen LogP contribution in [0.4, 0.5) is 20.7 Å². The number of morpholine rings is 1. The Kier molecular flexibility index (Phi) is 5.45. The summed E-state index contributed by atoms with van der Waals surface area (Å²) in [7, 11) is 0. The molecule has 2 amide bonds. The average molecular weight is 426 g/mol. The van der Waals surface area contributed by atoms with Crippen molar-refractivity contribution in [1.82, 2.24) is 20.6 Å². The van der Waals surface area contributed by atoms with Gasteiger partial charge in [-0.05, 0) is 50.9 Å². The standard InChI is InChI=1S/C22H27FN6O2/c1-13-12-31-9-8-29(13)21-17-6-7-24-11-19(17)27-20(28-21)16-5-4-15(10-18(16)23)26-22(30)25-14-2-3-14/h4-5,10,13-14,24H,2-3,6-9,11-12H2,1H3,(H2,25,26,30). The number of ether oxygens (including phenoxy) is 1. The molecule has 1 aromatic heterocycles. The molecule has 3 heterocycles. The first-order valence-electron chi connectivity index (χ1n) is 10.9. The summed E-state index contributed by atoms with van der Waals surface area (Å²) < 4.78 is 20.6. The number of rotatable bonds is 4. The molecule has 1 aromatic carbocycles. The molecule has 1 unspecified atom stereocenters. The van der Waals surface area contributed by atoms with Crippen LogP contribution < -0.4 is 20.9 Å². The van der Waals surface area contributed by atoms with E-state index in [-0.39, 0.29) is 18.1 Å². The number of nitrogens with one attached hydrogen (secondary N) is 3. The number of hydrogen-bond acceptors (Lipinski definition) is 6. The van der Waals surface area contributed by atoms with E-state index in [1.165, 1.54) is 6.07 Å². The van der Waals surface area contributed by atoms with Crippen LogP contribution in [0.15, 0.2) is 18.2 Å². The lowest BCUT2D eigenvalue weighted by atomic mass is 10.0. The molecule has 2 aromatic rings. The molecule has 1 atom stereocenters. The lowest BCUT2D eigenvalue weighted by Gasteiger charge is -2.36. The van der Waals surface area contributed by atoms with Crippen LogP contribution in [0, 0.1) is 5.82 Å². The van der Waals surface area contributed by atoms with Gasteiger partial charge in [-0.3, -0.25) is 0 Å². The van der Waals surface area contributed by atoms with E-state index >= 15 is 4.39 Å². The third-order valence-electron chi connectivity index (χ3n) is 5.94. The maximum absolute atomic E-state index is 15.0. The fourth-order valence-corrected chi connectivity index (χ4v) is 4.09. The van der Waals surface area contributed by atoms with Gasteiger partial charge in [-0.25, -0.2) is 19.2 Å². The number of benzene rings is 1. The van der Waals surface area contributed by atoms with Crippen LogP contribution in [0.2, 0.25) is 0 Å². The molecule has 0 bridgehead atoms. The quantitative estimate of drug-likeness (QED) is 0.696. The summed E-state index contributed by atoms with van der Waals surface area (Å²) >= 11 is 0. The smallest absolute Gasteiger partial charge is 0.319 e. The zero-order valence-electron chi connectivity index (χ0n) is 17.6. The van der Waals surface area contributed by atoms with Crippen molar-refractivity contribution >= 4 is 17.5 Å². The molecule has 1 aliphatic carbocycles. The molecule has 2 fully saturated rings. The molecule has 1 saturated carbocycles. The molecule has 3 N–H and O–H groups in total. The summed E-state index contributed by atoms with van der Waals surface area (Å²) in [6, 6.07) is 4.75. The van der Waals surface area contributed by atoms with Crippen molar-refractivity contribution in [2.75, 3.05) is 36.5 Å². The minimum atomic E-state index is -0.464. The molecule has 164 valence electrons. The van der Waals surface area contributed by atoms with Crippen LogP contribution in [0.3, 0.4) is 0 Å². The van der Waals surface area contributed by atoms with Crippen molar-refractivity contribution in [2.24, 2.45) is 0 Å². The summed E-state index contributed by atoms with van der Waals surface area (Å²) in [5.74, 6) is 0.777. The molecule has 1 saturated heterocycles. The van der Waals surface area contributed by atoms with Gasteiger partial charge in [0.1, 0.15) is 11.6 Å². The van der Waals surface area contributed by atoms with E-state index in [1.54, 1.807) is 12.1 Å². The van der Waals surface area contributed by atoms with Crippen molar-refractivity contribution in [2.45, 2.75) is 44.8 Å². The fraction of sp³-hybridized carbons (Fsp3) is 0.500. The number of carbonyl (C=O) groups is 1. The number of aromatic nitrogens is 2. The van der Waals surface area contributed by atoms with Crippen LogP contribution in [0.5, 0.6) is 0 Å². The van der Waals surface area contributed by atoms with Crippen molar-refractivity contribution in [3.8, 4) is 11.4 Å². The van der Waals surface area contributed by atoms with Gasteiger partial charge in [-0.1, -0.05) is 0 Å². The second-order valence-corrected chi connectivity index (χ2v) is 8.41. The Morgan fingerprint density at radius 3 is 2.97 bits per heavy atom. The first-order valence-corrected chi connectivity index (χ1v) is 10.9. The second-order valence-electron chi connectivity index (χ2n) is 8.41. The third-order valence-corrected chi connectivity index (χ3v) is 5.94. The Hall–Kier alpha value is -2.78. The first kappa shape index (κ1) is 20.1. The van der Waals surface area contributed by atoms with Crippen LogP contribution in [0.1, 0.15) is 31.0 Å². The molecule has 0 spiro atoms. The molecule has 0 radical (unpaired) electrons. The van der Waals surface area contributed by atoms with E-state index in [2.05, 4.69) is 27.8 Å². The predicted octanol–water partition coefficient (Wildman–Crippen LogP) is 2.44. The maximum atomic E-state index is 15.0. The fourth-order valence-electron chi connectivity index (χ4n) is 4.09. The predicted molar refractivity (Wildman–Crippen MR) is 116 cm³/mol. The lowest BCUT2D eigenvalue weighted by molar-refractivity contribution is 0.0984. The lowest BCUT2D eigenvalue weighted by Crippen LogP contribution is -2.45. The zero-order valence-corrected chi connectivity index (χ0v) is 17.6. The highest BCUT2D eigenvalue weighted by molar-refractivity contribution is 5.90. The topological polar surface area (TPSA) is 91.4 Å². The Morgan fingerprint density at radius 1 is 1.32 bits per heavy atom. The minimum absolute atomic E-state index is 0.192. The number of urea groups is 1. The number of fused-ring (bicyclic) bond motifs is 1. The Morgan fingerprint density at radius 2 is 2.19 bits per heavy atom. The van der Waals surface area contributed by atoms with E-state index in [4.69, 9.17) is 14.7 Å². The van der Waals surface area contributed by atoms with E-state index in [0.29, 0.717) is 36.8 Å². The zero-order chi connectivity index (χ0) is 21.4. The molecule has 8 nitrogen and oxygen atoms in total. The van der Waals surface area contributed by atoms with Crippen LogP contribution in [-0.4, -0.2) is 54.4 Å². The Bertz CT molecular complexity index is 996. The van der Waals surface area contributed by atoms with E-state index in [0.717, 1.165) is 49.4 Å². The number of halogens is 1. The number of amides is 2. The molecular weight excluding hydrogens is 399 g/mol. The Labute approximate surface area is 180 Å². The summed E-state index contributed by atoms with van der Waals surface area (Å²) in [4.78, 5) is 23.7. The van der Waals surface area contributed by atoms with Crippen LogP contribution >= 0.6 is 0 Å². The van der Waals surface area contributed by atoms with Gasteiger partial charge < -0.3 is 25.6 Å². The number of hydrogen-bond donors (Lipinski definition) is 3. The summed E-state index contributed by atoms with van der Waals surface area (Å²) in [6.07, 6.45) is 2.83. The van der Waals surface area contributed by atoms with E-state index in [9.17, 15) is 4.79 Å². The van der Waals surface area contributed by atoms with Gasteiger partial charge in [0.15, 0.2) is 5.82 Å². The molecule has 31 heavy (non-hydrogen) atoms. The van der Waals surface area contributed by atoms with Crippen molar-refractivity contribution < 1.29 is 13.9 Å². The van der Waals surface area contributed by atoms with Gasteiger partial charge in [0.25, 0.3) is 0 Å². The summed E-state index contributed by atoms with van der Waals surface area (Å²) in [5, 5.41) is 8.86. The van der Waals surface area contributed by atoms with E-state index < -0.39 is 5.82 Å². The number of nitrogens with zero attached hydrogens (tertiary/aromatic N) is 3. The maximum Gasteiger partial charge on any atom is 0.319 e. The summed E-state index contributed by atoms with van der Waals surface area (Å²) in [5.41, 5.74) is 2.77. The Balaban J connectivity index is 1.46. The highest BCUT2D eigenvalue weighted by Crippen LogP contribution is 2.31. The van der Waals surface area contributed by atoms with Crippen molar-refractivity contribution in [1.29, 1.82) is 0 Å². The molecular formula is C22H27FN6O2. The van der Waals surface area contributed by atoms with Gasteiger partial charge in [0.2, 0.25) is 0 Å².